The van der Waals surface area contributed by atoms with Crippen LogP contribution in [0.15, 0.2) is 36.5 Å². The lowest BCUT2D eigenvalue weighted by Crippen LogP contribution is -2.53. The Hall–Kier alpha value is -1.47. The van der Waals surface area contributed by atoms with Crippen LogP contribution in [-0.4, -0.2) is 57.3 Å². The van der Waals surface area contributed by atoms with Gasteiger partial charge in [0.15, 0.2) is 0 Å². The van der Waals surface area contributed by atoms with Gasteiger partial charge in [0.05, 0.1) is 18.8 Å². The summed E-state index contributed by atoms with van der Waals surface area (Å²) < 4.78 is 0. The van der Waals surface area contributed by atoms with Gasteiger partial charge in [0.2, 0.25) is 5.91 Å². The van der Waals surface area contributed by atoms with E-state index in [1.165, 1.54) is 308 Å². The molecule has 4 atom stereocenters. The van der Waals surface area contributed by atoms with E-state index in [2.05, 4.69) is 55.6 Å². The number of hydrogen-bond acceptors (Lipinski definition) is 5. The van der Waals surface area contributed by atoms with Crippen molar-refractivity contribution in [3.8, 4) is 0 Å². The van der Waals surface area contributed by atoms with E-state index >= 15 is 0 Å². The molecule has 0 aromatic heterocycles. The van der Waals surface area contributed by atoms with Crippen LogP contribution in [0.1, 0.15) is 380 Å². The second-order valence-corrected chi connectivity index (χ2v) is 24.2. The maximum atomic E-state index is 12.7. The topological polar surface area (TPSA) is 110 Å². The van der Waals surface area contributed by atoms with Crippen LogP contribution in [-0.2, 0) is 4.79 Å². The standard InChI is InChI=1S/C71H137NO5/c1-3-5-7-9-11-13-15-17-19-21-23-25-27-29-31-32-33-34-35-36-37-39-41-43-45-47-49-51-53-55-57-59-61-63-65-69(75)71(77)72-67(66-73)70(76)68(74)64-62-60-58-56-54-52-50-48-46-44-42-40-38-30-28-26-24-22-20-18-16-14-12-10-8-6-4-2/h27,29,32-33,56,58,67-70,73-76H,3-26,28,30-31,34-55,57,59-66H2,1-2H3,(H,72,77)/b29-27-,33-32-,58-56+. The Labute approximate surface area is 481 Å². The molecule has 0 aliphatic carbocycles. The minimum Gasteiger partial charge on any atom is -0.394 e. The van der Waals surface area contributed by atoms with Gasteiger partial charge in [-0.1, -0.05) is 346 Å². The molecule has 0 aromatic rings. The third-order valence-corrected chi connectivity index (χ3v) is 16.6. The first-order chi connectivity index (χ1) is 38.0. The van der Waals surface area contributed by atoms with Crippen molar-refractivity contribution in [1.82, 2.24) is 5.32 Å². The maximum Gasteiger partial charge on any atom is 0.249 e. The third kappa shape index (κ3) is 59.0. The summed E-state index contributed by atoms with van der Waals surface area (Å²) in [6, 6.07) is -1.00. The van der Waals surface area contributed by atoms with E-state index in [1.54, 1.807) is 0 Å². The smallest absolute Gasteiger partial charge is 0.249 e. The van der Waals surface area contributed by atoms with E-state index in [0.717, 1.165) is 44.9 Å². The molecular weight excluding hydrogens is 947 g/mol. The van der Waals surface area contributed by atoms with Crippen LogP contribution in [0.3, 0.4) is 0 Å². The second-order valence-electron chi connectivity index (χ2n) is 24.2. The normalized spacial score (nSPS) is 13.7. The summed E-state index contributed by atoms with van der Waals surface area (Å²) in [5, 5.41) is 44.2. The van der Waals surface area contributed by atoms with E-state index in [-0.39, 0.29) is 0 Å². The highest BCUT2D eigenvalue weighted by Crippen LogP contribution is 2.19. The highest BCUT2D eigenvalue weighted by atomic mass is 16.3. The summed E-state index contributed by atoms with van der Waals surface area (Å²) in [6.07, 6.45) is 84.1. The van der Waals surface area contributed by atoms with Gasteiger partial charge in [0.25, 0.3) is 0 Å². The molecule has 77 heavy (non-hydrogen) atoms. The summed E-state index contributed by atoms with van der Waals surface area (Å²) in [5.41, 5.74) is 0. The molecule has 0 fully saturated rings. The number of hydrogen-bond donors (Lipinski definition) is 5. The van der Waals surface area contributed by atoms with E-state index < -0.39 is 36.9 Å². The van der Waals surface area contributed by atoms with E-state index in [4.69, 9.17) is 0 Å². The average molecular weight is 1080 g/mol. The zero-order valence-electron chi connectivity index (χ0n) is 52.0. The fourth-order valence-electron chi connectivity index (χ4n) is 11.1. The first kappa shape index (κ1) is 75.5. The molecule has 0 aliphatic heterocycles. The number of allylic oxidation sites excluding steroid dienone is 6. The number of rotatable bonds is 65. The number of carbonyl (C=O) groups excluding carboxylic acids is 1. The number of aliphatic hydroxyl groups is 4. The molecule has 0 saturated heterocycles. The summed E-state index contributed by atoms with van der Waals surface area (Å²) >= 11 is 0. The monoisotopic (exact) mass is 1080 g/mol. The van der Waals surface area contributed by atoms with Crippen LogP contribution in [0.2, 0.25) is 0 Å². The average Bonchev–Trinajstić information content (AvgIpc) is 3.43. The summed E-state index contributed by atoms with van der Waals surface area (Å²) in [4.78, 5) is 12.7. The van der Waals surface area contributed by atoms with Gasteiger partial charge < -0.3 is 25.7 Å². The van der Waals surface area contributed by atoms with Crippen molar-refractivity contribution in [2.75, 3.05) is 6.61 Å². The van der Waals surface area contributed by atoms with Crippen molar-refractivity contribution in [2.45, 2.75) is 404 Å². The number of carbonyl (C=O) groups is 1. The summed E-state index contributed by atoms with van der Waals surface area (Å²) in [6.45, 7) is 4.10. The summed E-state index contributed by atoms with van der Waals surface area (Å²) in [7, 11) is 0. The molecule has 0 bridgehead atoms. The van der Waals surface area contributed by atoms with Crippen molar-refractivity contribution >= 4 is 5.91 Å². The first-order valence-electron chi connectivity index (χ1n) is 34.9. The molecule has 6 heteroatoms. The van der Waals surface area contributed by atoms with Crippen LogP contribution in [0.25, 0.3) is 0 Å². The van der Waals surface area contributed by atoms with Crippen LogP contribution in [0.5, 0.6) is 0 Å². The van der Waals surface area contributed by atoms with Gasteiger partial charge in [-0.2, -0.15) is 0 Å². The van der Waals surface area contributed by atoms with E-state index in [1.807, 2.05) is 0 Å². The van der Waals surface area contributed by atoms with Gasteiger partial charge in [-0.05, 0) is 70.6 Å². The molecule has 0 aromatic carbocycles. The fraction of sp³-hybridized carbons (Fsp3) is 0.901. The molecule has 0 aliphatic rings. The lowest BCUT2D eigenvalue weighted by Gasteiger charge is -2.27. The minimum absolute atomic E-state index is 0.365. The summed E-state index contributed by atoms with van der Waals surface area (Å²) in [5.74, 6) is -0.587. The quantitative estimate of drug-likeness (QED) is 0.0308. The Morgan fingerprint density at radius 1 is 0.325 bits per heavy atom. The molecule has 0 spiro atoms. The SMILES string of the molecule is CCCCCCCCCCCCC/C=C\C/C=C\CCCCCCCCCCCCCCCCCCC(O)C(=O)NC(CO)C(O)C(O)CCC/C=C/CCCCCCCCCCCCCCCCCCCCCCCC. The molecule has 456 valence electrons. The van der Waals surface area contributed by atoms with Gasteiger partial charge in [0.1, 0.15) is 12.2 Å². The highest BCUT2D eigenvalue weighted by molar-refractivity contribution is 5.80. The number of nitrogens with one attached hydrogen (secondary N) is 1. The van der Waals surface area contributed by atoms with Crippen molar-refractivity contribution < 1.29 is 25.2 Å². The Morgan fingerprint density at radius 2 is 0.571 bits per heavy atom. The van der Waals surface area contributed by atoms with Gasteiger partial charge >= 0.3 is 0 Å². The van der Waals surface area contributed by atoms with Crippen molar-refractivity contribution in [3.63, 3.8) is 0 Å². The maximum absolute atomic E-state index is 12.7. The van der Waals surface area contributed by atoms with Crippen LogP contribution >= 0.6 is 0 Å². The molecule has 1 amide bonds. The number of unbranched alkanes of at least 4 members (excludes halogenated alkanes) is 50. The van der Waals surface area contributed by atoms with Crippen molar-refractivity contribution in [3.05, 3.63) is 36.5 Å². The molecule has 0 radical (unpaired) electrons. The fourth-order valence-corrected chi connectivity index (χ4v) is 11.1. The van der Waals surface area contributed by atoms with Crippen molar-refractivity contribution in [2.24, 2.45) is 0 Å². The van der Waals surface area contributed by atoms with E-state index in [0.29, 0.717) is 12.8 Å². The lowest BCUT2D eigenvalue weighted by atomic mass is 10.00. The predicted molar refractivity (Wildman–Crippen MR) is 339 cm³/mol. The number of amides is 1. The van der Waals surface area contributed by atoms with Crippen LogP contribution in [0, 0.1) is 0 Å². The van der Waals surface area contributed by atoms with Gasteiger partial charge in [-0.25, -0.2) is 0 Å². The van der Waals surface area contributed by atoms with Gasteiger partial charge in [0, 0.05) is 0 Å². The molecule has 5 N–H and O–H groups in total. The van der Waals surface area contributed by atoms with E-state index in [9.17, 15) is 25.2 Å². The van der Waals surface area contributed by atoms with Gasteiger partial charge in [-0.15, -0.1) is 0 Å². The third-order valence-electron chi connectivity index (χ3n) is 16.6. The Bertz CT molecular complexity index is 1220. The lowest BCUT2D eigenvalue weighted by molar-refractivity contribution is -0.132. The molecular formula is C71H137NO5. The largest absolute Gasteiger partial charge is 0.394 e. The number of aliphatic hydroxyl groups excluding tert-OH is 4. The van der Waals surface area contributed by atoms with Crippen molar-refractivity contribution in [1.29, 1.82) is 0 Å². The molecule has 0 rings (SSSR count). The predicted octanol–water partition coefficient (Wildman–Crippen LogP) is 21.5. The molecule has 6 nitrogen and oxygen atoms in total. The first-order valence-corrected chi connectivity index (χ1v) is 34.9. The zero-order chi connectivity index (χ0) is 55.8. The molecule has 0 saturated carbocycles. The second kappa shape index (κ2) is 65.3. The van der Waals surface area contributed by atoms with Crippen LogP contribution < -0.4 is 5.32 Å². The molecule has 0 heterocycles. The van der Waals surface area contributed by atoms with Gasteiger partial charge in [-0.3, -0.25) is 4.79 Å². The Balaban J connectivity index is 3.57. The highest BCUT2D eigenvalue weighted by Gasteiger charge is 2.28. The molecule has 4 unspecified atom stereocenters. The van der Waals surface area contributed by atoms with Crippen LogP contribution in [0.4, 0.5) is 0 Å². The Morgan fingerprint density at radius 3 is 0.857 bits per heavy atom. The Kier molecular flexibility index (Phi) is 64.1. The minimum atomic E-state index is -1.28. The zero-order valence-corrected chi connectivity index (χ0v) is 52.0.